The summed E-state index contributed by atoms with van der Waals surface area (Å²) in [5, 5.41) is 13.3. The highest BCUT2D eigenvalue weighted by molar-refractivity contribution is 5.87. The summed E-state index contributed by atoms with van der Waals surface area (Å²) in [6, 6.07) is 13.4. The molecule has 0 spiro atoms. The number of hydrogen-bond acceptors (Lipinski definition) is 4. The minimum atomic E-state index is -0.345. The van der Waals surface area contributed by atoms with Crippen LogP contribution < -0.4 is 10.6 Å². The van der Waals surface area contributed by atoms with E-state index in [1.807, 2.05) is 49.4 Å². The first-order valence-corrected chi connectivity index (χ1v) is 7.59. The lowest BCUT2D eigenvalue weighted by molar-refractivity contribution is 0.251. The van der Waals surface area contributed by atoms with Crippen LogP contribution in [0.4, 0.5) is 10.7 Å². The van der Waals surface area contributed by atoms with E-state index in [-0.39, 0.29) is 6.03 Å². The molecule has 0 aliphatic carbocycles. The number of carbonyl (C=O) groups is 1. The van der Waals surface area contributed by atoms with Gasteiger partial charge in [-0.2, -0.15) is 0 Å². The standard InChI is InChI=1S/C17H18N6O/c1-13-6-5-9-18-15(13)10-19-17(24)21-16-22-20-12-23(16)11-14-7-3-2-4-8-14/h2-9,12H,10-11H2,1H3,(H2,19,21,22,24). The number of urea groups is 1. The van der Waals surface area contributed by atoms with Gasteiger partial charge in [-0.05, 0) is 24.1 Å². The minimum Gasteiger partial charge on any atom is -0.332 e. The maximum atomic E-state index is 12.1. The second kappa shape index (κ2) is 7.36. The van der Waals surface area contributed by atoms with E-state index in [1.165, 1.54) is 0 Å². The second-order valence-electron chi connectivity index (χ2n) is 5.34. The van der Waals surface area contributed by atoms with Gasteiger partial charge in [0.2, 0.25) is 5.95 Å². The molecule has 122 valence electrons. The van der Waals surface area contributed by atoms with Crippen LogP contribution in [0.25, 0.3) is 0 Å². The highest BCUT2D eigenvalue weighted by Gasteiger charge is 2.09. The Hall–Kier alpha value is -3.22. The first kappa shape index (κ1) is 15.7. The Balaban J connectivity index is 1.59. The summed E-state index contributed by atoms with van der Waals surface area (Å²) < 4.78 is 1.78. The van der Waals surface area contributed by atoms with Crippen molar-refractivity contribution in [3.05, 3.63) is 71.8 Å². The van der Waals surface area contributed by atoms with Crippen molar-refractivity contribution in [2.45, 2.75) is 20.0 Å². The maximum Gasteiger partial charge on any atom is 0.321 e. The normalized spacial score (nSPS) is 10.4. The number of pyridine rings is 1. The molecule has 3 aromatic rings. The van der Waals surface area contributed by atoms with E-state index in [0.717, 1.165) is 16.8 Å². The number of nitrogens with one attached hydrogen (secondary N) is 2. The summed E-state index contributed by atoms with van der Waals surface area (Å²) >= 11 is 0. The molecular formula is C17H18N6O. The Labute approximate surface area is 139 Å². The fourth-order valence-corrected chi connectivity index (χ4v) is 2.26. The number of rotatable bonds is 5. The molecule has 2 amide bonds. The molecule has 7 heteroatoms. The predicted octanol–water partition coefficient (Wildman–Crippen LogP) is 2.35. The molecule has 0 bridgehead atoms. The van der Waals surface area contributed by atoms with Crippen LogP contribution in [0.2, 0.25) is 0 Å². The number of hydrogen-bond donors (Lipinski definition) is 2. The average molecular weight is 322 g/mol. The molecule has 2 heterocycles. The van der Waals surface area contributed by atoms with Crippen molar-refractivity contribution in [2.75, 3.05) is 5.32 Å². The van der Waals surface area contributed by atoms with Gasteiger partial charge in [0, 0.05) is 6.20 Å². The lowest BCUT2D eigenvalue weighted by Gasteiger charge is -2.10. The average Bonchev–Trinajstić information content (AvgIpc) is 3.02. The van der Waals surface area contributed by atoms with Crippen LogP contribution in [-0.2, 0) is 13.1 Å². The Morgan fingerprint density at radius 1 is 1.17 bits per heavy atom. The molecule has 24 heavy (non-hydrogen) atoms. The molecule has 0 aliphatic rings. The number of aryl methyl sites for hydroxylation is 1. The molecule has 0 saturated carbocycles. The molecule has 0 aliphatic heterocycles. The molecule has 0 saturated heterocycles. The second-order valence-corrected chi connectivity index (χ2v) is 5.34. The predicted molar refractivity (Wildman–Crippen MR) is 90.4 cm³/mol. The van der Waals surface area contributed by atoms with Gasteiger partial charge in [0.1, 0.15) is 6.33 Å². The van der Waals surface area contributed by atoms with Gasteiger partial charge in [-0.3, -0.25) is 14.9 Å². The Bertz CT molecular complexity index is 815. The quantitative estimate of drug-likeness (QED) is 0.755. The molecule has 0 radical (unpaired) electrons. The first-order valence-electron chi connectivity index (χ1n) is 7.59. The fraction of sp³-hybridized carbons (Fsp3) is 0.176. The van der Waals surface area contributed by atoms with Crippen LogP contribution in [0.1, 0.15) is 16.8 Å². The molecule has 3 rings (SSSR count). The van der Waals surface area contributed by atoms with Crippen molar-refractivity contribution in [2.24, 2.45) is 0 Å². The lowest BCUT2D eigenvalue weighted by atomic mass is 10.2. The monoisotopic (exact) mass is 322 g/mol. The zero-order valence-corrected chi connectivity index (χ0v) is 13.3. The van der Waals surface area contributed by atoms with E-state index < -0.39 is 0 Å². The van der Waals surface area contributed by atoms with E-state index in [2.05, 4.69) is 25.8 Å². The first-order chi connectivity index (χ1) is 11.7. The van der Waals surface area contributed by atoms with E-state index >= 15 is 0 Å². The van der Waals surface area contributed by atoms with Gasteiger partial charge in [0.15, 0.2) is 0 Å². The molecule has 0 fully saturated rings. The summed E-state index contributed by atoms with van der Waals surface area (Å²) in [7, 11) is 0. The van der Waals surface area contributed by atoms with Gasteiger partial charge < -0.3 is 5.32 Å². The zero-order valence-electron chi connectivity index (χ0n) is 13.3. The summed E-state index contributed by atoms with van der Waals surface area (Å²) in [6.45, 7) is 2.90. The third kappa shape index (κ3) is 3.95. The van der Waals surface area contributed by atoms with Crippen molar-refractivity contribution in [3.63, 3.8) is 0 Å². The maximum absolute atomic E-state index is 12.1. The van der Waals surface area contributed by atoms with Crippen molar-refractivity contribution in [1.82, 2.24) is 25.1 Å². The summed E-state index contributed by atoms with van der Waals surface area (Å²) in [4.78, 5) is 16.3. The zero-order chi connectivity index (χ0) is 16.8. The topological polar surface area (TPSA) is 84.7 Å². The van der Waals surface area contributed by atoms with Crippen molar-refractivity contribution in [1.29, 1.82) is 0 Å². The Morgan fingerprint density at radius 3 is 2.79 bits per heavy atom. The van der Waals surface area contributed by atoms with E-state index in [0.29, 0.717) is 19.0 Å². The number of amides is 2. The molecule has 0 unspecified atom stereocenters. The van der Waals surface area contributed by atoms with Crippen LogP contribution in [0.15, 0.2) is 55.0 Å². The Morgan fingerprint density at radius 2 is 2.00 bits per heavy atom. The third-order valence-corrected chi connectivity index (χ3v) is 3.57. The van der Waals surface area contributed by atoms with Gasteiger partial charge >= 0.3 is 6.03 Å². The summed E-state index contributed by atoms with van der Waals surface area (Å²) in [5.74, 6) is 0.397. The van der Waals surface area contributed by atoms with Crippen LogP contribution in [0.5, 0.6) is 0 Å². The molecule has 0 atom stereocenters. The molecule has 7 nitrogen and oxygen atoms in total. The van der Waals surface area contributed by atoms with Crippen molar-refractivity contribution in [3.8, 4) is 0 Å². The van der Waals surface area contributed by atoms with Gasteiger partial charge in [0.05, 0.1) is 18.8 Å². The largest absolute Gasteiger partial charge is 0.332 e. The highest BCUT2D eigenvalue weighted by Crippen LogP contribution is 2.08. The van der Waals surface area contributed by atoms with Crippen LogP contribution in [0.3, 0.4) is 0 Å². The SMILES string of the molecule is Cc1cccnc1CNC(=O)Nc1nncn1Cc1ccccc1. The van der Waals surface area contributed by atoms with E-state index in [4.69, 9.17) is 0 Å². The van der Waals surface area contributed by atoms with E-state index in [1.54, 1.807) is 17.1 Å². The smallest absolute Gasteiger partial charge is 0.321 e. The van der Waals surface area contributed by atoms with Crippen molar-refractivity contribution >= 4 is 12.0 Å². The summed E-state index contributed by atoms with van der Waals surface area (Å²) in [5.41, 5.74) is 2.97. The molecule has 2 aromatic heterocycles. The molecule has 1 aromatic carbocycles. The van der Waals surface area contributed by atoms with Crippen LogP contribution in [0, 0.1) is 6.92 Å². The molecule has 2 N–H and O–H groups in total. The highest BCUT2D eigenvalue weighted by atomic mass is 16.2. The van der Waals surface area contributed by atoms with Gasteiger partial charge in [-0.1, -0.05) is 36.4 Å². The number of benzene rings is 1. The van der Waals surface area contributed by atoms with Gasteiger partial charge in [0.25, 0.3) is 0 Å². The number of aromatic nitrogens is 4. The number of nitrogens with zero attached hydrogens (tertiary/aromatic N) is 4. The fourth-order valence-electron chi connectivity index (χ4n) is 2.26. The summed E-state index contributed by atoms with van der Waals surface area (Å²) in [6.07, 6.45) is 3.30. The number of anilines is 1. The van der Waals surface area contributed by atoms with Gasteiger partial charge in [-0.15, -0.1) is 10.2 Å². The minimum absolute atomic E-state index is 0.345. The Kier molecular flexibility index (Phi) is 4.81. The molecular weight excluding hydrogens is 304 g/mol. The van der Waals surface area contributed by atoms with Crippen LogP contribution in [-0.4, -0.2) is 25.8 Å². The van der Waals surface area contributed by atoms with Gasteiger partial charge in [-0.25, -0.2) is 4.79 Å². The lowest BCUT2D eigenvalue weighted by Crippen LogP contribution is -2.30. The van der Waals surface area contributed by atoms with Crippen molar-refractivity contribution < 1.29 is 4.79 Å². The third-order valence-electron chi connectivity index (χ3n) is 3.57. The number of carbonyl (C=O) groups excluding carboxylic acids is 1. The van der Waals surface area contributed by atoms with E-state index in [9.17, 15) is 4.79 Å². The van der Waals surface area contributed by atoms with Crippen LogP contribution >= 0.6 is 0 Å².